The maximum atomic E-state index is 10.8. The molecule has 0 aromatic heterocycles. The molecule has 1 aromatic carbocycles. The predicted molar refractivity (Wildman–Crippen MR) is 71.6 cm³/mol. The van der Waals surface area contributed by atoms with Crippen LogP contribution in [0.3, 0.4) is 0 Å². The van der Waals surface area contributed by atoms with Crippen molar-refractivity contribution in [3.63, 3.8) is 0 Å². The molecule has 0 aliphatic carbocycles. The van der Waals surface area contributed by atoms with Gasteiger partial charge in [-0.05, 0) is 24.1 Å². The predicted octanol–water partition coefficient (Wildman–Crippen LogP) is 3.07. The highest BCUT2D eigenvalue weighted by molar-refractivity contribution is 6.42. The number of aliphatic hydroxyl groups excluding tert-OH is 1. The van der Waals surface area contributed by atoms with Gasteiger partial charge in [0.15, 0.2) is 0 Å². The Morgan fingerprint density at radius 2 is 2.06 bits per heavy atom. The Balaban J connectivity index is 2.89. The Bertz CT molecular complexity index is 426. The van der Waals surface area contributed by atoms with Gasteiger partial charge in [-0.15, -0.1) is 0 Å². The number of halogens is 2. The molecule has 1 unspecified atom stereocenters. The van der Waals surface area contributed by atoms with E-state index in [1.165, 1.54) is 11.9 Å². The second kappa shape index (κ2) is 6.83. The van der Waals surface area contributed by atoms with Gasteiger partial charge in [0.2, 0.25) is 0 Å². The van der Waals surface area contributed by atoms with Gasteiger partial charge in [-0.3, -0.25) is 0 Å². The Labute approximate surface area is 116 Å². The molecule has 2 N–H and O–H groups in total. The monoisotopic (exact) mass is 291 g/mol. The molecule has 1 amide bonds. The molecule has 0 spiro atoms. The van der Waals surface area contributed by atoms with Crippen LogP contribution in [0.1, 0.15) is 17.9 Å². The Morgan fingerprint density at radius 3 is 2.56 bits per heavy atom. The van der Waals surface area contributed by atoms with E-state index in [0.717, 1.165) is 5.56 Å². The number of hydrogen-bond donors (Lipinski definition) is 2. The van der Waals surface area contributed by atoms with Gasteiger partial charge in [-0.25, -0.2) is 4.79 Å². The number of nitrogens with zero attached hydrogens (tertiary/aromatic N) is 1. The van der Waals surface area contributed by atoms with Gasteiger partial charge in [-0.2, -0.15) is 0 Å². The van der Waals surface area contributed by atoms with E-state index < -0.39 is 6.09 Å². The van der Waals surface area contributed by atoms with Crippen molar-refractivity contribution in [2.75, 3.05) is 20.2 Å². The van der Waals surface area contributed by atoms with Gasteiger partial charge in [0.1, 0.15) is 0 Å². The number of likely N-dealkylation sites (N-methyl/N-ethyl adjacent to an activating group) is 1. The third-order valence-corrected chi connectivity index (χ3v) is 3.45. The third-order valence-electron chi connectivity index (χ3n) is 2.71. The van der Waals surface area contributed by atoms with Crippen molar-refractivity contribution in [2.45, 2.75) is 12.3 Å². The second-order valence-corrected chi connectivity index (χ2v) is 4.86. The van der Waals surface area contributed by atoms with E-state index in [0.29, 0.717) is 23.0 Å². The lowest BCUT2D eigenvalue weighted by Gasteiger charge is -2.22. The lowest BCUT2D eigenvalue weighted by Crippen LogP contribution is -2.30. The van der Waals surface area contributed by atoms with E-state index in [4.69, 9.17) is 33.4 Å². The molecule has 0 heterocycles. The van der Waals surface area contributed by atoms with Crippen LogP contribution in [0.5, 0.6) is 0 Å². The van der Waals surface area contributed by atoms with Crippen molar-refractivity contribution >= 4 is 29.3 Å². The second-order valence-electron chi connectivity index (χ2n) is 4.05. The van der Waals surface area contributed by atoms with Gasteiger partial charge in [0, 0.05) is 26.1 Å². The fraction of sp³-hybridized carbons (Fsp3) is 0.417. The summed E-state index contributed by atoms with van der Waals surface area (Å²) in [5.41, 5.74) is 0.867. The van der Waals surface area contributed by atoms with E-state index in [-0.39, 0.29) is 12.5 Å². The van der Waals surface area contributed by atoms with Crippen LogP contribution < -0.4 is 0 Å². The lowest BCUT2D eigenvalue weighted by atomic mass is 9.95. The van der Waals surface area contributed by atoms with Gasteiger partial charge in [0.25, 0.3) is 0 Å². The number of carbonyl (C=O) groups is 1. The van der Waals surface area contributed by atoms with Crippen LogP contribution in [0.25, 0.3) is 0 Å². The van der Waals surface area contributed by atoms with Crippen molar-refractivity contribution in [3.05, 3.63) is 33.8 Å². The van der Waals surface area contributed by atoms with Crippen LogP contribution in [0.4, 0.5) is 4.79 Å². The quantitative estimate of drug-likeness (QED) is 0.876. The highest BCUT2D eigenvalue weighted by Crippen LogP contribution is 2.28. The highest BCUT2D eigenvalue weighted by Gasteiger charge is 2.17. The lowest BCUT2D eigenvalue weighted by molar-refractivity contribution is 0.150. The maximum Gasteiger partial charge on any atom is 0.407 e. The molecular weight excluding hydrogens is 277 g/mol. The molecule has 0 fully saturated rings. The number of hydrogen-bond acceptors (Lipinski definition) is 2. The van der Waals surface area contributed by atoms with Crippen molar-refractivity contribution < 1.29 is 15.0 Å². The molecule has 0 saturated heterocycles. The van der Waals surface area contributed by atoms with Crippen LogP contribution >= 0.6 is 23.2 Å². The summed E-state index contributed by atoms with van der Waals surface area (Å²) in [6.07, 6.45) is -0.534. The number of carboxylic acid groups (broad SMARTS) is 1. The average molecular weight is 292 g/mol. The van der Waals surface area contributed by atoms with E-state index in [9.17, 15) is 4.79 Å². The van der Waals surface area contributed by atoms with E-state index >= 15 is 0 Å². The average Bonchev–Trinajstić information content (AvgIpc) is 2.32. The van der Waals surface area contributed by atoms with Crippen LogP contribution in [-0.4, -0.2) is 41.4 Å². The van der Waals surface area contributed by atoms with Crippen LogP contribution in [-0.2, 0) is 0 Å². The minimum Gasteiger partial charge on any atom is -0.465 e. The van der Waals surface area contributed by atoms with Gasteiger partial charge >= 0.3 is 6.09 Å². The maximum absolute atomic E-state index is 10.8. The van der Waals surface area contributed by atoms with Crippen LogP contribution in [0.15, 0.2) is 18.2 Å². The molecule has 4 nitrogen and oxygen atoms in total. The van der Waals surface area contributed by atoms with Gasteiger partial charge in [-0.1, -0.05) is 29.3 Å². The summed E-state index contributed by atoms with van der Waals surface area (Å²) in [7, 11) is 1.49. The minimum absolute atomic E-state index is 0.0155. The van der Waals surface area contributed by atoms with Gasteiger partial charge in [0.05, 0.1) is 10.0 Å². The SMILES string of the molecule is CN(CC(CCO)c1ccc(Cl)c(Cl)c1)C(=O)O. The molecule has 6 heteroatoms. The summed E-state index contributed by atoms with van der Waals surface area (Å²) in [5.74, 6) is -0.106. The zero-order valence-corrected chi connectivity index (χ0v) is 11.4. The topological polar surface area (TPSA) is 60.8 Å². The molecule has 0 aliphatic heterocycles. The summed E-state index contributed by atoms with van der Waals surface area (Å²) in [6, 6.07) is 5.18. The number of rotatable bonds is 5. The summed E-state index contributed by atoms with van der Waals surface area (Å²) in [6.45, 7) is 0.284. The standard InChI is InChI=1S/C12H15Cl2NO3/c1-15(12(17)18)7-9(4-5-16)8-2-3-10(13)11(14)6-8/h2-3,6,9,16H,4-5,7H2,1H3,(H,17,18). The summed E-state index contributed by atoms with van der Waals surface area (Å²) in [5, 5.41) is 18.8. The molecule has 0 aliphatic rings. The molecule has 0 bridgehead atoms. The van der Waals surface area contributed by atoms with E-state index in [1.807, 2.05) is 0 Å². The Morgan fingerprint density at radius 1 is 1.39 bits per heavy atom. The molecule has 1 rings (SSSR count). The molecular formula is C12H15Cl2NO3. The van der Waals surface area contributed by atoms with Crippen molar-refractivity contribution in [1.82, 2.24) is 4.90 Å². The zero-order valence-electron chi connectivity index (χ0n) is 9.94. The molecule has 0 saturated carbocycles. The first-order valence-corrected chi connectivity index (χ1v) is 6.21. The third kappa shape index (κ3) is 4.05. The Kier molecular flexibility index (Phi) is 5.72. The normalized spacial score (nSPS) is 12.2. The largest absolute Gasteiger partial charge is 0.465 e. The van der Waals surface area contributed by atoms with Crippen molar-refractivity contribution in [3.8, 4) is 0 Å². The summed E-state index contributed by atoms with van der Waals surface area (Å²) < 4.78 is 0. The molecule has 18 heavy (non-hydrogen) atoms. The number of aliphatic hydroxyl groups is 1. The fourth-order valence-corrected chi connectivity index (χ4v) is 2.00. The van der Waals surface area contributed by atoms with E-state index in [1.54, 1.807) is 18.2 Å². The van der Waals surface area contributed by atoms with E-state index in [2.05, 4.69) is 0 Å². The molecule has 0 radical (unpaired) electrons. The first-order chi connectivity index (χ1) is 8.45. The van der Waals surface area contributed by atoms with Crippen LogP contribution in [0.2, 0.25) is 10.0 Å². The fourth-order valence-electron chi connectivity index (χ4n) is 1.69. The summed E-state index contributed by atoms with van der Waals surface area (Å²) >= 11 is 11.8. The first kappa shape index (κ1) is 15.1. The Hall–Kier alpha value is -0.970. The van der Waals surface area contributed by atoms with Crippen molar-refractivity contribution in [1.29, 1.82) is 0 Å². The number of benzene rings is 1. The number of amides is 1. The smallest absolute Gasteiger partial charge is 0.407 e. The van der Waals surface area contributed by atoms with Gasteiger partial charge < -0.3 is 15.1 Å². The zero-order chi connectivity index (χ0) is 13.7. The molecule has 1 aromatic rings. The minimum atomic E-state index is -1.00. The summed E-state index contributed by atoms with van der Waals surface area (Å²) in [4.78, 5) is 12.0. The molecule has 100 valence electrons. The first-order valence-electron chi connectivity index (χ1n) is 5.45. The van der Waals surface area contributed by atoms with Crippen molar-refractivity contribution in [2.24, 2.45) is 0 Å². The van der Waals surface area contributed by atoms with Crippen LogP contribution in [0, 0.1) is 0 Å². The molecule has 1 atom stereocenters. The highest BCUT2D eigenvalue weighted by atomic mass is 35.5.